The highest BCUT2D eigenvalue weighted by Gasteiger charge is 2.24. The molecule has 0 atom stereocenters. The molecule has 134 valence electrons. The number of rotatable bonds is 5. The monoisotopic (exact) mass is 353 g/mol. The lowest BCUT2D eigenvalue weighted by atomic mass is 10.1. The van der Waals surface area contributed by atoms with E-state index < -0.39 is 10.0 Å². The van der Waals surface area contributed by atoms with Gasteiger partial charge in [0.25, 0.3) is 5.91 Å². The number of amides is 1. The topological polar surface area (TPSA) is 69.7 Å². The van der Waals surface area contributed by atoms with Crippen molar-refractivity contribution < 1.29 is 13.2 Å². The van der Waals surface area contributed by atoms with Crippen molar-refractivity contribution in [2.45, 2.75) is 44.0 Å². The van der Waals surface area contributed by atoms with E-state index in [1.807, 2.05) is 13.8 Å². The fraction of sp³-hybridized carbons (Fsp3) is 0.588. The van der Waals surface area contributed by atoms with Crippen molar-refractivity contribution >= 4 is 21.6 Å². The highest BCUT2D eigenvalue weighted by molar-refractivity contribution is 7.89. The second-order valence-electron chi connectivity index (χ2n) is 6.64. The third kappa shape index (κ3) is 4.08. The van der Waals surface area contributed by atoms with E-state index in [1.54, 1.807) is 12.1 Å². The van der Waals surface area contributed by atoms with Gasteiger partial charge in [0.1, 0.15) is 0 Å². The maximum absolute atomic E-state index is 12.6. The van der Waals surface area contributed by atoms with Crippen molar-refractivity contribution in [2.75, 3.05) is 32.1 Å². The van der Waals surface area contributed by atoms with Crippen LogP contribution in [0.2, 0.25) is 0 Å². The predicted octanol–water partition coefficient (Wildman–Crippen LogP) is 2.07. The molecule has 1 aromatic rings. The minimum atomic E-state index is -3.57. The van der Waals surface area contributed by atoms with Crippen LogP contribution in [0.15, 0.2) is 23.1 Å². The van der Waals surface area contributed by atoms with Gasteiger partial charge in [-0.15, -0.1) is 0 Å². The van der Waals surface area contributed by atoms with Gasteiger partial charge < -0.3 is 10.2 Å². The lowest BCUT2D eigenvalue weighted by Crippen LogP contribution is -2.35. The molecule has 1 saturated heterocycles. The van der Waals surface area contributed by atoms with E-state index in [-0.39, 0.29) is 16.8 Å². The molecule has 1 aromatic carbocycles. The van der Waals surface area contributed by atoms with Crippen molar-refractivity contribution in [3.05, 3.63) is 23.8 Å². The van der Waals surface area contributed by atoms with Crippen LogP contribution in [0.5, 0.6) is 0 Å². The molecule has 1 N–H and O–H groups in total. The minimum absolute atomic E-state index is 0.0131. The summed E-state index contributed by atoms with van der Waals surface area (Å²) in [5, 5.41) is 2.87. The van der Waals surface area contributed by atoms with Gasteiger partial charge in [0.15, 0.2) is 0 Å². The molecule has 1 amide bonds. The predicted molar refractivity (Wildman–Crippen MR) is 96.0 cm³/mol. The normalized spacial score (nSPS) is 15.8. The number of carbonyl (C=O) groups excluding carboxylic acids is 1. The van der Waals surface area contributed by atoms with Crippen LogP contribution in [0.4, 0.5) is 5.69 Å². The van der Waals surface area contributed by atoms with Crippen molar-refractivity contribution in [3.63, 3.8) is 0 Å². The van der Waals surface area contributed by atoms with E-state index in [2.05, 4.69) is 10.2 Å². The van der Waals surface area contributed by atoms with E-state index in [9.17, 15) is 13.2 Å². The van der Waals surface area contributed by atoms with Crippen LogP contribution in [0, 0.1) is 0 Å². The van der Waals surface area contributed by atoms with E-state index >= 15 is 0 Å². The molecule has 0 radical (unpaired) electrons. The first kappa shape index (κ1) is 18.7. The highest BCUT2D eigenvalue weighted by atomic mass is 32.2. The Bertz CT molecular complexity index is 693. The molecule has 1 aliphatic rings. The summed E-state index contributed by atoms with van der Waals surface area (Å²) >= 11 is 0. The fourth-order valence-corrected chi connectivity index (χ4v) is 3.75. The smallest absolute Gasteiger partial charge is 0.253 e. The first-order valence-electron chi connectivity index (χ1n) is 8.36. The molecule has 0 unspecified atom stereocenters. The van der Waals surface area contributed by atoms with Crippen molar-refractivity contribution in [3.8, 4) is 0 Å². The maximum atomic E-state index is 12.6. The van der Waals surface area contributed by atoms with E-state index in [1.165, 1.54) is 26.6 Å². The number of piperidine rings is 1. The standard InChI is InChI=1S/C17H27N3O3S/c1-13(2)18-17(21)15-12-14(24(22,23)19(3)4)8-9-16(15)20-10-6-5-7-11-20/h8-9,12-13H,5-7,10-11H2,1-4H3,(H,18,21). The molecule has 0 aromatic heterocycles. The van der Waals surface area contributed by atoms with Crippen LogP contribution < -0.4 is 10.2 Å². The average Bonchev–Trinajstić information content (AvgIpc) is 2.54. The summed E-state index contributed by atoms with van der Waals surface area (Å²) < 4.78 is 26.0. The molecular formula is C17H27N3O3S. The number of sulfonamides is 1. The van der Waals surface area contributed by atoms with Crippen LogP contribution in [-0.2, 0) is 10.0 Å². The average molecular weight is 353 g/mol. The highest BCUT2D eigenvalue weighted by Crippen LogP contribution is 2.28. The largest absolute Gasteiger partial charge is 0.371 e. The SMILES string of the molecule is CC(C)NC(=O)c1cc(S(=O)(=O)N(C)C)ccc1N1CCCCC1. The fourth-order valence-electron chi connectivity index (χ4n) is 2.82. The molecule has 0 aliphatic carbocycles. The summed E-state index contributed by atoms with van der Waals surface area (Å²) in [5.41, 5.74) is 1.24. The molecule has 1 fully saturated rings. The number of nitrogens with one attached hydrogen (secondary N) is 1. The zero-order valence-electron chi connectivity index (χ0n) is 14.9. The Balaban J connectivity index is 2.49. The summed E-state index contributed by atoms with van der Waals surface area (Å²) in [7, 11) is -0.598. The Morgan fingerprint density at radius 2 is 1.79 bits per heavy atom. The first-order chi connectivity index (χ1) is 11.2. The summed E-state index contributed by atoms with van der Waals surface area (Å²) in [4.78, 5) is 14.9. The van der Waals surface area contributed by atoms with Crippen LogP contribution >= 0.6 is 0 Å². The Morgan fingerprint density at radius 3 is 2.33 bits per heavy atom. The molecular weight excluding hydrogens is 326 g/mol. The van der Waals surface area contributed by atoms with E-state index in [0.29, 0.717) is 5.56 Å². The number of hydrogen-bond acceptors (Lipinski definition) is 4. The number of carbonyl (C=O) groups is 1. The van der Waals surface area contributed by atoms with Crippen LogP contribution in [0.1, 0.15) is 43.5 Å². The molecule has 0 spiro atoms. The summed E-state index contributed by atoms with van der Waals surface area (Å²) in [6.07, 6.45) is 3.36. The van der Waals surface area contributed by atoms with Gasteiger partial charge in [0, 0.05) is 38.9 Å². The van der Waals surface area contributed by atoms with Crippen LogP contribution in [0.25, 0.3) is 0 Å². The van der Waals surface area contributed by atoms with Gasteiger partial charge in [-0.2, -0.15) is 0 Å². The molecule has 24 heavy (non-hydrogen) atoms. The van der Waals surface area contributed by atoms with Gasteiger partial charge in [-0.05, 0) is 51.3 Å². The third-order valence-electron chi connectivity index (χ3n) is 4.11. The summed E-state index contributed by atoms with van der Waals surface area (Å²) in [6.45, 7) is 5.56. The van der Waals surface area contributed by atoms with Crippen molar-refractivity contribution in [2.24, 2.45) is 0 Å². The molecule has 0 bridgehead atoms. The quantitative estimate of drug-likeness (QED) is 0.880. The minimum Gasteiger partial charge on any atom is -0.371 e. The van der Waals surface area contributed by atoms with Gasteiger partial charge in [-0.1, -0.05) is 0 Å². The zero-order valence-corrected chi connectivity index (χ0v) is 15.7. The molecule has 7 heteroatoms. The van der Waals surface area contributed by atoms with Gasteiger partial charge >= 0.3 is 0 Å². The first-order valence-corrected chi connectivity index (χ1v) is 9.80. The van der Waals surface area contributed by atoms with Crippen molar-refractivity contribution in [1.82, 2.24) is 9.62 Å². The van der Waals surface area contributed by atoms with Gasteiger partial charge in [-0.3, -0.25) is 4.79 Å². The molecule has 2 rings (SSSR count). The van der Waals surface area contributed by atoms with Gasteiger partial charge in [0.2, 0.25) is 10.0 Å². The second kappa shape index (κ2) is 7.53. The van der Waals surface area contributed by atoms with Crippen molar-refractivity contribution in [1.29, 1.82) is 0 Å². The Labute approximate surface area is 144 Å². The van der Waals surface area contributed by atoms with Crippen LogP contribution in [0.3, 0.4) is 0 Å². The Hall–Kier alpha value is -1.60. The maximum Gasteiger partial charge on any atom is 0.253 e. The summed E-state index contributed by atoms with van der Waals surface area (Å²) in [6, 6.07) is 4.83. The zero-order chi connectivity index (χ0) is 17.9. The molecule has 1 heterocycles. The van der Waals surface area contributed by atoms with E-state index in [4.69, 9.17) is 0 Å². The number of benzene rings is 1. The van der Waals surface area contributed by atoms with Gasteiger partial charge in [-0.25, -0.2) is 12.7 Å². The second-order valence-corrected chi connectivity index (χ2v) is 8.79. The van der Waals surface area contributed by atoms with Crippen LogP contribution in [-0.4, -0.2) is 51.9 Å². The van der Waals surface area contributed by atoms with Gasteiger partial charge in [0.05, 0.1) is 10.5 Å². The number of anilines is 1. The Morgan fingerprint density at radius 1 is 1.17 bits per heavy atom. The van der Waals surface area contributed by atoms with E-state index in [0.717, 1.165) is 35.9 Å². The third-order valence-corrected chi connectivity index (χ3v) is 5.92. The number of hydrogen-bond donors (Lipinski definition) is 1. The lowest BCUT2D eigenvalue weighted by Gasteiger charge is -2.30. The molecule has 0 saturated carbocycles. The Kier molecular flexibility index (Phi) is 5.87. The molecule has 1 aliphatic heterocycles. The summed E-state index contributed by atoms with van der Waals surface area (Å²) in [5.74, 6) is -0.235. The lowest BCUT2D eigenvalue weighted by molar-refractivity contribution is 0.0943. The number of nitrogens with zero attached hydrogens (tertiary/aromatic N) is 2. The molecule has 6 nitrogen and oxygen atoms in total.